The Morgan fingerprint density at radius 2 is 1.92 bits per heavy atom. The predicted octanol–water partition coefficient (Wildman–Crippen LogP) is 2.53. The molecule has 6 heteroatoms. The van der Waals surface area contributed by atoms with Gasteiger partial charge in [0.15, 0.2) is 6.61 Å². The van der Waals surface area contributed by atoms with Crippen LogP contribution in [0.15, 0.2) is 48.5 Å². The third-order valence-electron chi connectivity index (χ3n) is 4.06. The molecule has 0 saturated heterocycles. The van der Waals surface area contributed by atoms with Crippen LogP contribution in [0.4, 0.5) is 5.69 Å². The minimum Gasteiger partial charge on any atom is -0.484 e. The number of amides is 2. The lowest BCUT2D eigenvalue weighted by Crippen LogP contribution is -2.43. The van der Waals surface area contributed by atoms with Crippen LogP contribution in [0.25, 0.3) is 0 Å². The molecule has 1 heterocycles. The second-order valence-corrected chi connectivity index (χ2v) is 5.92. The number of para-hydroxylation sites is 1. The van der Waals surface area contributed by atoms with E-state index in [2.05, 4.69) is 5.32 Å². The molecule has 0 aliphatic carbocycles. The first-order chi connectivity index (χ1) is 12.1. The van der Waals surface area contributed by atoms with Crippen LogP contribution in [0.3, 0.4) is 0 Å². The van der Waals surface area contributed by atoms with Gasteiger partial charge in [-0.1, -0.05) is 31.2 Å². The first kappa shape index (κ1) is 16.8. The van der Waals surface area contributed by atoms with Crippen LogP contribution in [0.2, 0.25) is 0 Å². The van der Waals surface area contributed by atoms with Crippen molar-refractivity contribution in [3.63, 3.8) is 0 Å². The van der Waals surface area contributed by atoms with Crippen LogP contribution in [-0.4, -0.2) is 29.9 Å². The molecule has 1 aliphatic heterocycles. The lowest BCUT2D eigenvalue weighted by atomic mass is 10.0. The van der Waals surface area contributed by atoms with Crippen LogP contribution in [0.5, 0.6) is 5.75 Å². The van der Waals surface area contributed by atoms with E-state index in [0.29, 0.717) is 17.9 Å². The van der Waals surface area contributed by atoms with E-state index in [1.54, 1.807) is 12.1 Å². The highest BCUT2D eigenvalue weighted by Crippen LogP contribution is 2.33. The van der Waals surface area contributed by atoms with E-state index in [0.717, 1.165) is 17.7 Å². The maximum absolute atomic E-state index is 12.8. The summed E-state index contributed by atoms with van der Waals surface area (Å²) in [6.45, 7) is 2.55. The van der Waals surface area contributed by atoms with E-state index in [1.165, 1.54) is 0 Å². The predicted molar refractivity (Wildman–Crippen MR) is 95.3 cm³/mol. The molecule has 0 saturated carbocycles. The van der Waals surface area contributed by atoms with Crippen LogP contribution < -0.4 is 15.8 Å². The van der Waals surface area contributed by atoms with Crippen molar-refractivity contribution < 1.29 is 14.3 Å². The SMILES string of the molecule is CCCN1C(=O)c2ccccc2N[C@H]1c1ccc(OCC(N)=O)cc1. The molecule has 3 rings (SSSR count). The van der Waals surface area contributed by atoms with Crippen molar-refractivity contribution in [3.8, 4) is 5.75 Å². The fourth-order valence-electron chi connectivity index (χ4n) is 2.93. The number of rotatable bonds is 6. The zero-order valence-electron chi connectivity index (χ0n) is 14.1. The van der Waals surface area contributed by atoms with E-state index >= 15 is 0 Å². The number of nitrogens with two attached hydrogens (primary N) is 1. The number of primary amides is 1. The Labute approximate surface area is 146 Å². The zero-order chi connectivity index (χ0) is 17.8. The molecule has 2 amide bonds. The van der Waals surface area contributed by atoms with Crippen molar-refractivity contribution in [1.29, 1.82) is 0 Å². The smallest absolute Gasteiger partial charge is 0.257 e. The number of hydrogen-bond donors (Lipinski definition) is 2. The second-order valence-electron chi connectivity index (χ2n) is 5.92. The molecule has 0 bridgehead atoms. The topological polar surface area (TPSA) is 84.7 Å². The molecule has 2 aromatic carbocycles. The normalized spacial score (nSPS) is 16.1. The van der Waals surface area contributed by atoms with Crippen molar-refractivity contribution in [2.45, 2.75) is 19.5 Å². The maximum atomic E-state index is 12.8. The molecule has 0 spiro atoms. The Bertz CT molecular complexity index is 774. The standard InChI is InChI=1S/C19H21N3O3/c1-2-11-22-18(21-16-6-4-3-5-15(16)19(22)24)13-7-9-14(10-8-13)25-12-17(20)23/h3-10,18,21H,2,11-12H2,1H3,(H2,20,23)/t18-/m1/s1. The third kappa shape index (κ3) is 3.57. The molecular formula is C19H21N3O3. The number of nitrogens with zero attached hydrogens (tertiary/aromatic N) is 1. The van der Waals surface area contributed by atoms with Gasteiger partial charge in [0, 0.05) is 12.2 Å². The molecule has 0 aromatic heterocycles. The number of nitrogens with one attached hydrogen (secondary N) is 1. The van der Waals surface area contributed by atoms with Crippen LogP contribution in [0.1, 0.15) is 35.4 Å². The van der Waals surface area contributed by atoms with Gasteiger partial charge in [0.1, 0.15) is 11.9 Å². The van der Waals surface area contributed by atoms with Crippen LogP contribution in [-0.2, 0) is 4.79 Å². The first-order valence-electron chi connectivity index (χ1n) is 8.27. The summed E-state index contributed by atoms with van der Waals surface area (Å²) in [4.78, 5) is 25.5. The minimum atomic E-state index is -0.519. The number of fused-ring (bicyclic) bond motifs is 1. The molecule has 6 nitrogen and oxygen atoms in total. The van der Waals surface area contributed by atoms with Crippen molar-refractivity contribution in [2.24, 2.45) is 5.73 Å². The molecular weight excluding hydrogens is 318 g/mol. The molecule has 1 atom stereocenters. The highest BCUT2D eigenvalue weighted by atomic mass is 16.5. The van der Waals surface area contributed by atoms with Gasteiger partial charge >= 0.3 is 0 Å². The summed E-state index contributed by atoms with van der Waals surface area (Å²) in [6, 6.07) is 14.8. The Kier molecular flexibility index (Phi) is 4.88. The van der Waals surface area contributed by atoms with Gasteiger partial charge in [-0.3, -0.25) is 9.59 Å². The average Bonchev–Trinajstić information content (AvgIpc) is 2.63. The Morgan fingerprint density at radius 1 is 1.20 bits per heavy atom. The average molecular weight is 339 g/mol. The van der Waals surface area contributed by atoms with Gasteiger partial charge in [-0.05, 0) is 36.2 Å². The molecule has 25 heavy (non-hydrogen) atoms. The molecule has 3 N–H and O–H groups in total. The summed E-state index contributed by atoms with van der Waals surface area (Å²) < 4.78 is 5.29. The van der Waals surface area contributed by atoms with Crippen LogP contribution in [0, 0.1) is 0 Å². The second kappa shape index (κ2) is 7.25. The molecule has 0 unspecified atom stereocenters. The number of ether oxygens (including phenoxy) is 1. The highest BCUT2D eigenvalue weighted by Gasteiger charge is 2.32. The van der Waals surface area contributed by atoms with E-state index in [-0.39, 0.29) is 18.7 Å². The van der Waals surface area contributed by atoms with E-state index in [1.807, 2.05) is 48.2 Å². The number of carbonyl (C=O) groups excluding carboxylic acids is 2. The van der Waals surface area contributed by atoms with Crippen molar-refractivity contribution >= 4 is 17.5 Å². The first-order valence-corrected chi connectivity index (χ1v) is 8.27. The van der Waals surface area contributed by atoms with Crippen molar-refractivity contribution in [2.75, 3.05) is 18.5 Å². The summed E-state index contributed by atoms with van der Waals surface area (Å²) in [7, 11) is 0. The van der Waals surface area contributed by atoms with E-state index in [4.69, 9.17) is 10.5 Å². The number of hydrogen-bond acceptors (Lipinski definition) is 4. The van der Waals surface area contributed by atoms with Gasteiger partial charge in [0.2, 0.25) is 0 Å². The maximum Gasteiger partial charge on any atom is 0.257 e. The van der Waals surface area contributed by atoms with Crippen LogP contribution >= 0.6 is 0 Å². The molecule has 130 valence electrons. The summed E-state index contributed by atoms with van der Waals surface area (Å²) in [5.41, 5.74) is 7.55. The Morgan fingerprint density at radius 3 is 2.60 bits per heavy atom. The zero-order valence-corrected chi connectivity index (χ0v) is 14.1. The third-order valence-corrected chi connectivity index (χ3v) is 4.06. The van der Waals surface area contributed by atoms with Gasteiger partial charge in [-0.25, -0.2) is 0 Å². The van der Waals surface area contributed by atoms with Gasteiger partial charge in [0.05, 0.1) is 5.56 Å². The van der Waals surface area contributed by atoms with Crippen molar-refractivity contribution in [3.05, 3.63) is 59.7 Å². The Balaban J connectivity index is 1.86. The molecule has 1 aliphatic rings. The summed E-state index contributed by atoms with van der Waals surface area (Å²) >= 11 is 0. The molecule has 0 fully saturated rings. The molecule has 0 radical (unpaired) electrons. The quantitative estimate of drug-likeness (QED) is 0.847. The minimum absolute atomic E-state index is 0.0234. The van der Waals surface area contributed by atoms with Gasteiger partial charge in [-0.2, -0.15) is 0 Å². The fraction of sp³-hybridized carbons (Fsp3) is 0.263. The highest BCUT2D eigenvalue weighted by molar-refractivity contribution is 6.01. The van der Waals surface area contributed by atoms with E-state index < -0.39 is 5.91 Å². The lowest BCUT2D eigenvalue weighted by molar-refractivity contribution is -0.119. The van der Waals surface area contributed by atoms with Gasteiger partial charge < -0.3 is 20.7 Å². The van der Waals surface area contributed by atoms with Gasteiger partial charge in [0.25, 0.3) is 11.8 Å². The number of anilines is 1. The van der Waals surface area contributed by atoms with E-state index in [9.17, 15) is 9.59 Å². The summed E-state index contributed by atoms with van der Waals surface area (Å²) in [5, 5.41) is 3.44. The summed E-state index contributed by atoms with van der Waals surface area (Å²) in [5.74, 6) is 0.0664. The fourth-order valence-corrected chi connectivity index (χ4v) is 2.93. The molecule has 2 aromatic rings. The van der Waals surface area contributed by atoms with Gasteiger partial charge in [-0.15, -0.1) is 0 Å². The van der Waals surface area contributed by atoms with Crippen molar-refractivity contribution in [1.82, 2.24) is 4.90 Å². The number of carbonyl (C=O) groups is 2. The Hall–Kier alpha value is -3.02. The monoisotopic (exact) mass is 339 g/mol. The lowest BCUT2D eigenvalue weighted by Gasteiger charge is -2.38. The number of benzene rings is 2. The summed E-state index contributed by atoms with van der Waals surface area (Å²) in [6.07, 6.45) is 0.624. The largest absolute Gasteiger partial charge is 0.484 e.